The number of amides is 1. The van der Waals surface area contributed by atoms with E-state index < -0.39 is 0 Å². The molecule has 1 amide bonds. The first-order valence-corrected chi connectivity index (χ1v) is 11.0. The molecule has 0 aliphatic carbocycles. The van der Waals surface area contributed by atoms with Gasteiger partial charge in [-0.05, 0) is 60.0 Å². The Kier molecular flexibility index (Phi) is 8.67. The van der Waals surface area contributed by atoms with Gasteiger partial charge in [0.25, 0.3) is 5.91 Å². The Hall–Kier alpha value is -3.12. The van der Waals surface area contributed by atoms with Gasteiger partial charge in [0, 0.05) is 4.47 Å². The van der Waals surface area contributed by atoms with Crippen LogP contribution in [0.3, 0.4) is 0 Å². The zero-order chi connectivity index (χ0) is 21.9. The van der Waals surface area contributed by atoms with E-state index >= 15 is 0 Å². The second kappa shape index (κ2) is 11.9. The number of rotatable bonds is 10. The summed E-state index contributed by atoms with van der Waals surface area (Å²) in [5.74, 6) is 0.970. The van der Waals surface area contributed by atoms with E-state index in [9.17, 15) is 4.79 Å². The number of unbranched alkanes of at least 4 members (excludes halogenated alkanes) is 1. The zero-order valence-electron chi connectivity index (χ0n) is 17.4. The molecule has 31 heavy (non-hydrogen) atoms. The molecule has 1 N–H and O–H groups in total. The lowest BCUT2D eigenvalue weighted by Gasteiger charge is -2.11. The minimum atomic E-state index is -0.347. The lowest BCUT2D eigenvalue weighted by molar-refractivity contribution is 0.0950. The fourth-order valence-electron chi connectivity index (χ4n) is 2.75. The SMILES string of the molecule is CCCCOc1ccc(/C=N/NC(=O)c2cc(Br)ccc2OCc2ccccc2)cc1. The van der Waals surface area contributed by atoms with Gasteiger partial charge in [-0.25, -0.2) is 5.43 Å². The van der Waals surface area contributed by atoms with E-state index in [1.807, 2.05) is 60.7 Å². The third-order valence-electron chi connectivity index (χ3n) is 4.45. The van der Waals surface area contributed by atoms with Crippen LogP contribution in [0.25, 0.3) is 0 Å². The highest BCUT2D eigenvalue weighted by atomic mass is 79.9. The van der Waals surface area contributed by atoms with E-state index in [4.69, 9.17) is 9.47 Å². The van der Waals surface area contributed by atoms with E-state index in [2.05, 4.69) is 33.4 Å². The van der Waals surface area contributed by atoms with E-state index in [-0.39, 0.29) is 5.91 Å². The number of ether oxygens (including phenoxy) is 2. The van der Waals surface area contributed by atoms with Gasteiger partial charge in [0.1, 0.15) is 18.1 Å². The molecule has 3 aromatic rings. The average Bonchev–Trinajstić information content (AvgIpc) is 2.80. The Morgan fingerprint density at radius 3 is 2.55 bits per heavy atom. The number of carbonyl (C=O) groups excluding carboxylic acids is 1. The van der Waals surface area contributed by atoms with E-state index in [1.54, 1.807) is 18.3 Å². The molecule has 0 bridgehead atoms. The Morgan fingerprint density at radius 1 is 1.03 bits per heavy atom. The molecular formula is C25H25BrN2O3. The van der Waals surface area contributed by atoms with E-state index in [1.165, 1.54) is 0 Å². The first kappa shape index (κ1) is 22.6. The van der Waals surface area contributed by atoms with E-state index in [0.717, 1.165) is 34.2 Å². The molecule has 0 spiro atoms. The summed E-state index contributed by atoms with van der Waals surface area (Å²) in [4.78, 5) is 12.7. The normalized spacial score (nSPS) is 10.8. The molecule has 0 atom stereocenters. The highest BCUT2D eigenvalue weighted by Gasteiger charge is 2.13. The third-order valence-corrected chi connectivity index (χ3v) is 4.94. The summed E-state index contributed by atoms with van der Waals surface area (Å²) < 4.78 is 12.3. The summed E-state index contributed by atoms with van der Waals surface area (Å²) >= 11 is 3.41. The van der Waals surface area contributed by atoms with Gasteiger partial charge in [-0.2, -0.15) is 5.10 Å². The summed E-state index contributed by atoms with van der Waals surface area (Å²) in [6.07, 6.45) is 3.72. The molecule has 0 unspecified atom stereocenters. The van der Waals surface area contributed by atoms with Crippen LogP contribution >= 0.6 is 15.9 Å². The van der Waals surface area contributed by atoms with Crippen LogP contribution in [0.4, 0.5) is 0 Å². The van der Waals surface area contributed by atoms with Crippen LogP contribution in [0.5, 0.6) is 11.5 Å². The second-order valence-electron chi connectivity index (χ2n) is 6.88. The minimum Gasteiger partial charge on any atom is -0.494 e. The molecule has 0 saturated carbocycles. The molecule has 3 rings (SSSR count). The molecule has 5 nitrogen and oxygen atoms in total. The van der Waals surface area contributed by atoms with Gasteiger partial charge in [0.05, 0.1) is 18.4 Å². The maximum Gasteiger partial charge on any atom is 0.275 e. The third kappa shape index (κ3) is 7.26. The van der Waals surface area contributed by atoms with E-state index in [0.29, 0.717) is 24.5 Å². The van der Waals surface area contributed by atoms with Gasteiger partial charge in [0.15, 0.2) is 0 Å². The van der Waals surface area contributed by atoms with Gasteiger partial charge in [-0.3, -0.25) is 4.79 Å². The quantitative estimate of drug-likeness (QED) is 0.221. The molecule has 0 radical (unpaired) electrons. The Morgan fingerprint density at radius 2 is 1.81 bits per heavy atom. The van der Waals surface area contributed by atoms with Crippen LogP contribution in [0, 0.1) is 0 Å². The van der Waals surface area contributed by atoms with Crippen LogP contribution in [0.1, 0.15) is 41.3 Å². The second-order valence-corrected chi connectivity index (χ2v) is 7.80. The standard InChI is InChI=1S/C25H25BrN2O3/c1-2-3-15-30-22-12-9-19(10-13-22)17-27-28-25(29)23-16-21(26)11-14-24(23)31-18-20-7-5-4-6-8-20/h4-14,16-17H,2-3,15,18H2,1H3,(H,28,29)/b27-17+. The summed E-state index contributed by atoms with van der Waals surface area (Å²) in [6.45, 7) is 3.21. The molecule has 0 aliphatic heterocycles. The molecule has 0 heterocycles. The number of carbonyl (C=O) groups is 1. The number of hydrogen-bond acceptors (Lipinski definition) is 4. The fourth-order valence-corrected chi connectivity index (χ4v) is 3.11. The number of nitrogens with zero attached hydrogens (tertiary/aromatic N) is 1. The van der Waals surface area contributed by atoms with Crippen molar-refractivity contribution < 1.29 is 14.3 Å². The maximum absolute atomic E-state index is 12.7. The number of halogens is 1. The maximum atomic E-state index is 12.7. The molecule has 3 aromatic carbocycles. The van der Waals surface area contributed by atoms with Crippen molar-refractivity contribution in [3.63, 3.8) is 0 Å². The zero-order valence-corrected chi connectivity index (χ0v) is 19.0. The van der Waals surface area contributed by atoms with Crippen molar-refractivity contribution in [2.75, 3.05) is 6.61 Å². The smallest absolute Gasteiger partial charge is 0.275 e. The molecule has 0 aromatic heterocycles. The molecule has 160 valence electrons. The highest BCUT2D eigenvalue weighted by molar-refractivity contribution is 9.10. The van der Waals surface area contributed by atoms with Gasteiger partial charge < -0.3 is 9.47 Å². The topological polar surface area (TPSA) is 59.9 Å². The van der Waals surface area contributed by atoms with Crippen molar-refractivity contribution in [2.24, 2.45) is 5.10 Å². The summed E-state index contributed by atoms with van der Waals surface area (Å²) in [5.41, 5.74) is 4.86. The lowest BCUT2D eigenvalue weighted by Crippen LogP contribution is -2.18. The van der Waals surface area contributed by atoms with Crippen molar-refractivity contribution in [3.05, 3.63) is 94.0 Å². The lowest BCUT2D eigenvalue weighted by atomic mass is 10.2. The Balaban J connectivity index is 1.60. The fraction of sp³-hybridized carbons (Fsp3) is 0.200. The van der Waals surface area contributed by atoms with Crippen LogP contribution in [-0.4, -0.2) is 18.7 Å². The number of benzene rings is 3. The highest BCUT2D eigenvalue weighted by Crippen LogP contribution is 2.24. The monoisotopic (exact) mass is 480 g/mol. The van der Waals surface area contributed by atoms with Crippen molar-refractivity contribution in [2.45, 2.75) is 26.4 Å². The minimum absolute atomic E-state index is 0.347. The molecule has 0 aliphatic rings. The first-order chi connectivity index (χ1) is 15.2. The average molecular weight is 481 g/mol. The Labute approximate surface area is 191 Å². The predicted octanol–water partition coefficient (Wildman–Crippen LogP) is 5.97. The number of nitrogens with one attached hydrogen (secondary N) is 1. The van der Waals surface area contributed by atoms with Crippen molar-refractivity contribution >= 4 is 28.1 Å². The van der Waals surface area contributed by atoms with Crippen LogP contribution in [0.15, 0.2) is 82.4 Å². The van der Waals surface area contributed by atoms with Crippen LogP contribution in [0.2, 0.25) is 0 Å². The van der Waals surface area contributed by atoms with Gasteiger partial charge in [-0.15, -0.1) is 0 Å². The predicted molar refractivity (Wildman–Crippen MR) is 127 cm³/mol. The van der Waals surface area contributed by atoms with Gasteiger partial charge in [-0.1, -0.05) is 59.6 Å². The van der Waals surface area contributed by atoms with Crippen LogP contribution < -0.4 is 14.9 Å². The Bertz CT molecular complexity index is 1010. The summed E-state index contributed by atoms with van der Waals surface area (Å²) in [5, 5.41) is 4.08. The molecule has 0 saturated heterocycles. The molecule has 6 heteroatoms. The summed E-state index contributed by atoms with van der Waals surface area (Å²) in [6, 6.07) is 22.7. The van der Waals surface area contributed by atoms with Gasteiger partial charge in [0.2, 0.25) is 0 Å². The molecular weight excluding hydrogens is 456 g/mol. The van der Waals surface area contributed by atoms with Crippen molar-refractivity contribution in [1.29, 1.82) is 0 Å². The largest absolute Gasteiger partial charge is 0.494 e. The number of hydrazone groups is 1. The van der Waals surface area contributed by atoms with Crippen molar-refractivity contribution in [3.8, 4) is 11.5 Å². The summed E-state index contributed by atoms with van der Waals surface area (Å²) in [7, 11) is 0. The van der Waals surface area contributed by atoms with Gasteiger partial charge >= 0.3 is 0 Å². The van der Waals surface area contributed by atoms with Crippen molar-refractivity contribution in [1.82, 2.24) is 5.43 Å². The first-order valence-electron chi connectivity index (χ1n) is 10.2. The van der Waals surface area contributed by atoms with Crippen LogP contribution in [-0.2, 0) is 6.61 Å². The molecule has 0 fully saturated rings. The number of hydrogen-bond donors (Lipinski definition) is 1.